The van der Waals surface area contributed by atoms with Crippen molar-refractivity contribution in [1.29, 1.82) is 0 Å². The number of methoxy groups -OCH3 is 3. The van der Waals surface area contributed by atoms with E-state index in [2.05, 4.69) is 4.98 Å². The number of para-hydroxylation sites is 1. The van der Waals surface area contributed by atoms with Gasteiger partial charge in [0.2, 0.25) is 17.6 Å². The summed E-state index contributed by atoms with van der Waals surface area (Å²) >= 11 is 0. The number of nitrogens with one attached hydrogen (secondary N) is 1. The lowest BCUT2D eigenvalue weighted by molar-refractivity contribution is -0.157. The third-order valence-electron chi connectivity index (χ3n) is 6.46. The summed E-state index contributed by atoms with van der Waals surface area (Å²) in [4.78, 5) is 33.1. The van der Waals surface area contributed by atoms with Gasteiger partial charge >= 0.3 is 0 Å². The molecule has 32 heavy (non-hydrogen) atoms. The van der Waals surface area contributed by atoms with E-state index >= 15 is 0 Å². The number of likely N-dealkylation sites (N-methyl/N-ethyl adjacent to an activating group) is 1. The number of carbonyl (C=O) groups is 2. The molecule has 2 unspecified atom stereocenters. The van der Waals surface area contributed by atoms with Gasteiger partial charge in [0, 0.05) is 30.1 Å². The molecule has 1 fully saturated rings. The van der Waals surface area contributed by atoms with E-state index in [0.29, 0.717) is 23.7 Å². The highest BCUT2D eigenvalue weighted by molar-refractivity contribution is 5.97. The van der Waals surface area contributed by atoms with Crippen molar-refractivity contribution < 1.29 is 23.8 Å². The van der Waals surface area contributed by atoms with Crippen LogP contribution in [0.5, 0.6) is 17.2 Å². The maximum Gasteiger partial charge on any atom is 0.245 e. The fourth-order valence-electron chi connectivity index (χ4n) is 5.01. The van der Waals surface area contributed by atoms with E-state index in [9.17, 15) is 9.59 Å². The van der Waals surface area contributed by atoms with Crippen LogP contribution in [0.1, 0.15) is 22.9 Å². The number of carbonyl (C=O) groups excluding carboxylic acids is 2. The van der Waals surface area contributed by atoms with E-state index < -0.39 is 12.1 Å². The van der Waals surface area contributed by atoms with Gasteiger partial charge in [-0.25, -0.2) is 0 Å². The van der Waals surface area contributed by atoms with Gasteiger partial charge in [-0.3, -0.25) is 9.59 Å². The van der Waals surface area contributed by atoms with Crippen molar-refractivity contribution in [2.24, 2.45) is 0 Å². The zero-order chi connectivity index (χ0) is 22.6. The Morgan fingerprint density at radius 1 is 1.00 bits per heavy atom. The molecule has 5 rings (SSSR count). The van der Waals surface area contributed by atoms with Crippen molar-refractivity contribution in [3.63, 3.8) is 0 Å². The van der Waals surface area contributed by atoms with Crippen molar-refractivity contribution in [2.75, 3.05) is 34.9 Å². The van der Waals surface area contributed by atoms with Crippen LogP contribution < -0.4 is 14.2 Å². The van der Waals surface area contributed by atoms with Crippen LogP contribution in [0.2, 0.25) is 0 Å². The Morgan fingerprint density at radius 2 is 1.69 bits per heavy atom. The molecule has 2 aliphatic heterocycles. The topological polar surface area (TPSA) is 84.1 Å². The van der Waals surface area contributed by atoms with Gasteiger partial charge < -0.3 is 29.0 Å². The smallest absolute Gasteiger partial charge is 0.245 e. The number of nitrogens with zero attached hydrogens (tertiary/aromatic N) is 2. The van der Waals surface area contributed by atoms with Crippen LogP contribution in [-0.4, -0.2) is 67.6 Å². The van der Waals surface area contributed by atoms with Gasteiger partial charge in [0.05, 0.1) is 33.9 Å². The Morgan fingerprint density at radius 3 is 2.34 bits per heavy atom. The average Bonchev–Trinajstić information content (AvgIpc) is 3.18. The standard InChI is InChI=1S/C24H25N3O5/c1-26-12-20(28)27-17(24(26)29)11-15-14-7-5-6-8-16(14)25-21(15)22(27)13-9-18(30-2)23(32-4)19(10-13)31-3/h5-10,17,22,25H,11-12H2,1-4H3. The number of piperazine rings is 1. The van der Waals surface area contributed by atoms with Gasteiger partial charge in [0.1, 0.15) is 6.04 Å². The van der Waals surface area contributed by atoms with E-state index in [-0.39, 0.29) is 18.4 Å². The van der Waals surface area contributed by atoms with Crippen LogP contribution in [-0.2, 0) is 16.0 Å². The minimum Gasteiger partial charge on any atom is -0.493 e. The second-order valence-corrected chi connectivity index (χ2v) is 8.14. The molecule has 0 aliphatic carbocycles. The number of aromatic amines is 1. The molecule has 2 amide bonds. The van der Waals surface area contributed by atoms with Crippen molar-refractivity contribution in [3.05, 3.63) is 53.2 Å². The molecule has 2 aromatic carbocycles. The summed E-state index contributed by atoms with van der Waals surface area (Å²) < 4.78 is 16.6. The summed E-state index contributed by atoms with van der Waals surface area (Å²) in [6, 6.07) is 10.6. The third kappa shape index (κ3) is 2.82. The van der Waals surface area contributed by atoms with Crippen molar-refractivity contribution in [2.45, 2.75) is 18.5 Å². The lowest BCUT2D eigenvalue weighted by atomic mass is 9.86. The summed E-state index contributed by atoms with van der Waals surface area (Å²) in [6.07, 6.45) is 0.467. The largest absolute Gasteiger partial charge is 0.493 e. The first-order valence-corrected chi connectivity index (χ1v) is 10.4. The van der Waals surface area contributed by atoms with Gasteiger partial charge in [-0.15, -0.1) is 0 Å². The highest BCUT2D eigenvalue weighted by Gasteiger charge is 2.47. The van der Waals surface area contributed by atoms with E-state index in [1.807, 2.05) is 36.4 Å². The number of fused-ring (bicyclic) bond motifs is 4. The molecule has 1 saturated heterocycles. The Bertz CT molecular complexity index is 1210. The molecule has 8 heteroatoms. The predicted octanol–water partition coefficient (Wildman–Crippen LogP) is 2.51. The molecule has 166 valence electrons. The van der Waals surface area contributed by atoms with Crippen LogP contribution in [0.25, 0.3) is 10.9 Å². The summed E-state index contributed by atoms with van der Waals surface area (Å²) in [6.45, 7) is 0.0474. The molecule has 8 nitrogen and oxygen atoms in total. The molecule has 3 heterocycles. The molecule has 0 saturated carbocycles. The van der Waals surface area contributed by atoms with E-state index in [0.717, 1.165) is 27.7 Å². The summed E-state index contributed by atoms with van der Waals surface area (Å²) in [5.74, 6) is 1.31. The molecule has 2 aliphatic rings. The number of hydrogen-bond donors (Lipinski definition) is 1. The van der Waals surface area contributed by atoms with E-state index in [1.54, 1.807) is 33.3 Å². The van der Waals surface area contributed by atoms with Crippen LogP contribution in [0.15, 0.2) is 36.4 Å². The second-order valence-electron chi connectivity index (χ2n) is 8.14. The first-order valence-electron chi connectivity index (χ1n) is 10.4. The van der Waals surface area contributed by atoms with Crippen LogP contribution in [0.4, 0.5) is 0 Å². The summed E-state index contributed by atoms with van der Waals surface area (Å²) in [7, 11) is 6.35. The van der Waals surface area contributed by atoms with Crippen molar-refractivity contribution in [1.82, 2.24) is 14.8 Å². The van der Waals surface area contributed by atoms with Gasteiger partial charge in [-0.2, -0.15) is 0 Å². The second kappa shape index (κ2) is 7.47. The van der Waals surface area contributed by atoms with Crippen LogP contribution in [0.3, 0.4) is 0 Å². The lowest BCUT2D eigenvalue weighted by Crippen LogP contribution is -2.62. The monoisotopic (exact) mass is 435 g/mol. The van der Waals surface area contributed by atoms with Crippen molar-refractivity contribution in [3.8, 4) is 17.2 Å². The predicted molar refractivity (Wildman–Crippen MR) is 118 cm³/mol. The van der Waals surface area contributed by atoms with Crippen LogP contribution >= 0.6 is 0 Å². The minimum atomic E-state index is -0.572. The number of H-pyrrole nitrogens is 1. The molecular weight excluding hydrogens is 410 g/mol. The van der Waals surface area contributed by atoms with Gasteiger partial charge in [-0.05, 0) is 29.3 Å². The van der Waals surface area contributed by atoms with E-state index in [1.165, 1.54) is 4.90 Å². The quantitative estimate of drug-likeness (QED) is 0.681. The molecule has 2 atom stereocenters. The zero-order valence-electron chi connectivity index (χ0n) is 18.5. The molecule has 0 bridgehead atoms. The normalized spacial score (nSPS) is 20.2. The first-order chi connectivity index (χ1) is 15.5. The van der Waals surface area contributed by atoms with Crippen molar-refractivity contribution >= 4 is 22.7 Å². The highest BCUT2D eigenvalue weighted by atomic mass is 16.5. The third-order valence-corrected chi connectivity index (χ3v) is 6.46. The fraction of sp³-hybridized carbons (Fsp3) is 0.333. The first kappa shape index (κ1) is 20.2. The Balaban J connectivity index is 1.78. The minimum absolute atomic E-state index is 0.0474. The number of aromatic nitrogens is 1. The molecule has 3 aromatic rings. The Labute approximate surface area is 185 Å². The SMILES string of the molecule is COc1cc(C2c3[nH]c4ccccc4c3CC3C(=O)N(C)CC(=O)N32)cc(OC)c1OC. The number of rotatable bonds is 4. The molecular formula is C24H25N3O5. The maximum atomic E-state index is 13.3. The number of hydrogen-bond acceptors (Lipinski definition) is 5. The molecule has 0 radical (unpaired) electrons. The van der Waals surface area contributed by atoms with E-state index in [4.69, 9.17) is 14.2 Å². The summed E-state index contributed by atoms with van der Waals surface area (Å²) in [5, 5.41) is 1.06. The van der Waals surface area contributed by atoms with Gasteiger partial charge in [-0.1, -0.05) is 18.2 Å². The fourth-order valence-corrected chi connectivity index (χ4v) is 5.01. The zero-order valence-corrected chi connectivity index (χ0v) is 18.5. The van der Waals surface area contributed by atoms with Gasteiger partial charge in [0.15, 0.2) is 11.5 Å². The Hall–Kier alpha value is -3.68. The number of amides is 2. The number of ether oxygens (including phenoxy) is 3. The molecule has 0 spiro atoms. The Kier molecular flexibility index (Phi) is 4.73. The van der Waals surface area contributed by atoms with Crippen LogP contribution in [0, 0.1) is 0 Å². The number of benzene rings is 2. The maximum absolute atomic E-state index is 13.3. The lowest BCUT2D eigenvalue weighted by Gasteiger charge is -2.46. The van der Waals surface area contributed by atoms with Gasteiger partial charge in [0.25, 0.3) is 0 Å². The molecule has 1 aromatic heterocycles. The molecule has 1 N–H and O–H groups in total. The average molecular weight is 435 g/mol. The highest BCUT2D eigenvalue weighted by Crippen LogP contribution is 2.46. The summed E-state index contributed by atoms with van der Waals surface area (Å²) in [5.41, 5.74) is 3.71.